The van der Waals surface area contributed by atoms with Gasteiger partial charge < -0.3 is 14.6 Å². The van der Waals surface area contributed by atoms with Crippen LogP contribution in [0.2, 0.25) is 0 Å². The summed E-state index contributed by atoms with van der Waals surface area (Å²) in [7, 11) is 0. The highest BCUT2D eigenvalue weighted by Crippen LogP contribution is 2.30. The van der Waals surface area contributed by atoms with Gasteiger partial charge in [-0.2, -0.15) is 0 Å². The zero-order valence-electron chi connectivity index (χ0n) is 13.5. The zero-order chi connectivity index (χ0) is 16.2. The molecule has 0 bridgehead atoms. The van der Waals surface area contributed by atoms with E-state index in [1.54, 1.807) is 12.1 Å². The number of aromatic hydroxyl groups is 1. The van der Waals surface area contributed by atoms with Crippen LogP contribution in [0.4, 0.5) is 0 Å². The van der Waals surface area contributed by atoms with E-state index in [0.717, 1.165) is 12.8 Å². The molecule has 4 nitrogen and oxygen atoms in total. The number of carbonyl (C=O) groups is 1. The summed E-state index contributed by atoms with van der Waals surface area (Å²) >= 11 is 0. The predicted molar refractivity (Wildman–Crippen MR) is 87.2 cm³/mol. The van der Waals surface area contributed by atoms with Crippen LogP contribution in [0.25, 0.3) is 0 Å². The molecule has 0 saturated carbocycles. The highest BCUT2D eigenvalue weighted by Gasteiger charge is 2.16. The first-order valence-corrected chi connectivity index (χ1v) is 8.11. The minimum absolute atomic E-state index is 0.133. The Morgan fingerprint density at radius 3 is 2.59 bits per heavy atom. The van der Waals surface area contributed by atoms with Crippen molar-refractivity contribution in [1.82, 2.24) is 0 Å². The van der Waals surface area contributed by atoms with E-state index in [1.807, 2.05) is 0 Å². The van der Waals surface area contributed by atoms with Crippen molar-refractivity contribution in [3.05, 3.63) is 30.7 Å². The Morgan fingerprint density at radius 2 is 1.86 bits per heavy atom. The summed E-state index contributed by atoms with van der Waals surface area (Å²) in [5.74, 6) is -0.369. The van der Waals surface area contributed by atoms with Crippen LogP contribution in [-0.4, -0.2) is 24.3 Å². The lowest BCUT2D eigenvalue weighted by Gasteiger charge is -2.11. The topological polar surface area (TPSA) is 55.8 Å². The minimum atomic E-state index is -0.550. The molecule has 0 spiro atoms. The second-order valence-electron chi connectivity index (χ2n) is 5.26. The van der Waals surface area contributed by atoms with E-state index in [2.05, 4.69) is 13.8 Å². The Hall–Kier alpha value is -1.71. The molecule has 0 heterocycles. The highest BCUT2D eigenvalue weighted by atomic mass is 16.5. The van der Waals surface area contributed by atoms with Gasteiger partial charge in [0.2, 0.25) is 0 Å². The third-order valence-corrected chi connectivity index (χ3v) is 3.35. The van der Waals surface area contributed by atoms with Crippen molar-refractivity contribution < 1.29 is 19.4 Å². The lowest BCUT2D eigenvalue weighted by atomic mass is 10.1. The lowest BCUT2D eigenvalue weighted by molar-refractivity contribution is 0.0507. The third kappa shape index (κ3) is 6.37. The monoisotopic (exact) mass is 307 g/mol. The first kappa shape index (κ1) is 18.3. The van der Waals surface area contributed by atoms with Crippen molar-refractivity contribution in [3.8, 4) is 11.5 Å². The molecule has 0 aliphatic rings. The Labute approximate surface area is 133 Å². The van der Waals surface area contributed by atoms with E-state index in [1.165, 1.54) is 31.7 Å². The zero-order valence-corrected chi connectivity index (χ0v) is 13.5. The van der Waals surface area contributed by atoms with E-state index in [0.29, 0.717) is 18.8 Å². The number of phenolic OH excluding ortho intramolecular Hbond substituents is 1. The number of para-hydroxylation sites is 1. The van der Waals surface area contributed by atoms with Crippen molar-refractivity contribution in [3.63, 3.8) is 0 Å². The summed E-state index contributed by atoms with van der Waals surface area (Å²) in [4.78, 5) is 11.8. The van der Waals surface area contributed by atoms with Gasteiger partial charge in [0, 0.05) is 0 Å². The maximum absolute atomic E-state index is 11.8. The minimum Gasteiger partial charge on any atom is -0.504 e. The summed E-state index contributed by atoms with van der Waals surface area (Å²) in [5, 5.41) is 10.1. The smallest absolute Gasteiger partial charge is 0.342 e. The van der Waals surface area contributed by atoms with Gasteiger partial charge >= 0.3 is 5.97 Å². The van der Waals surface area contributed by atoms with E-state index < -0.39 is 5.97 Å². The molecule has 0 aliphatic heterocycles. The number of phenols is 1. The normalized spacial score (nSPS) is 10.5. The van der Waals surface area contributed by atoms with Gasteiger partial charge in [0.1, 0.15) is 5.56 Å². The second kappa shape index (κ2) is 10.9. The number of carbonyl (C=O) groups excluding carboxylic acids is 1. The third-order valence-electron chi connectivity index (χ3n) is 3.35. The molecule has 0 aromatic heterocycles. The summed E-state index contributed by atoms with van der Waals surface area (Å²) in [5.41, 5.74) is 0.133. The lowest BCUT2D eigenvalue weighted by Crippen LogP contribution is -2.07. The number of hydrogen-bond donors (Lipinski definition) is 1. The fourth-order valence-electron chi connectivity index (χ4n) is 2.11. The number of hydrogen-bond acceptors (Lipinski definition) is 4. The Morgan fingerprint density at radius 1 is 1.14 bits per heavy atom. The maximum atomic E-state index is 11.8. The van der Waals surface area contributed by atoms with E-state index in [9.17, 15) is 9.90 Å². The van der Waals surface area contributed by atoms with Crippen LogP contribution in [0.5, 0.6) is 11.5 Å². The Bertz CT molecular complexity index is 443. The van der Waals surface area contributed by atoms with E-state index in [4.69, 9.17) is 9.47 Å². The molecular weight excluding hydrogens is 280 g/mol. The summed E-state index contributed by atoms with van der Waals surface area (Å²) < 4.78 is 10.5. The predicted octanol–water partition coefficient (Wildman–Crippen LogP) is 4.51. The van der Waals surface area contributed by atoms with Gasteiger partial charge in [0.15, 0.2) is 11.5 Å². The first-order chi connectivity index (χ1) is 10.7. The van der Waals surface area contributed by atoms with Crippen molar-refractivity contribution in [1.29, 1.82) is 0 Å². The fourth-order valence-corrected chi connectivity index (χ4v) is 2.11. The summed E-state index contributed by atoms with van der Waals surface area (Å²) in [6, 6.07) is 4.86. The molecule has 0 atom stereocenters. The van der Waals surface area contributed by atoms with Gasteiger partial charge in [0.05, 0.1) is 13.2 Å². The van der Waals surface area contributed by atoms with Crippen LogP contribution in [0.1, 0.15) is 62.2 Å². The molecular formula is C18H27O4. The summed E-state index contributed by atoms with van der Waals surface area (Å²) in [6.45, 7) is 6.57. The average molecular weight is 307 g/mol. The van der Waals surface area contributed by atoms with Crippen molar-refractivity contribution in [2.24, 2.45) is 0 Å². The van der Waals surface area contributed by atoms with Gasteiger partial charge in [-0.15, -0.1) is 0 Å². The summed E-state index contributed by atoms with van der Waals surface area (Å²) in [6.07, 6.45) is 7.54. The second-order valence-corrected chi connectivity index (χ2v) is 5.26. The molecule has 0 unspecified atom stereocenters. The van der Waals surface area contributed by atoms with Crippen LogP contribution in [0.3, 0.4) is 0 Å². The van der Waals surface area contributed by atoms with Gasteiger partial charge in [-0.3, -0.25) is 0 Å². The van der Waals surface area contributed by atoms with Gasteiger partial charge in [-0.25, -0.2) is 4.79 Å². The number of rotatable bonds is 11. The molecule has 22 heavy (non-hydrogen) atoms. The molecule has 1 aromatic carbocycles. The molecule has 1 aromatic rings. The van der Waals surface area contributed by atoms with Crippen molar-refractivity contribution >= 4 is 5.97 Å². The van der Waals surface area contributed by atoms with Crippen LogP contribution in [0, 0.1) is 6.92 Å². The molecule has 1 N–H and O–H groups in total. The van der Waals surface area contributed by atoms with Crippen molar-refractivity contribution in [2.75, 3.05) is 13.2 Å². The average Bonchev–Trinajstić information content (AvgIpc) is 2.53. The van der Waals surface area contributed by atoms with Crippen LogP contribution in [-0.2, 0) is 4.74 Å². The van der Waals surface area contributed by atoms with E-state index >= 15 is 0 Å². The standard InChI is InChI=1S/C18H27O4/c1-3-5-6-7-8-9-14-21-16-12-10-11-15(17(16)19)18(20)22-13-4-2/h10-12,19H,2-9,13-14H2,1H3. The van der Waals surface area contributed by atoms with Crippen LogP contribution in [0.15, 0.2) is 18.2 Å². The molecule has 0 saturated heterocycles. The van der Waals surface area contributed by atoms with Crippen LogP contribution >= 0.6 is 0 Å². The fraction of sp³-hybridized carbons (Fsp3) is 0.556. The first-order valence-electron chi connectivity index (χ1n) is 8.11. The maximum Gasteiger partial charge on any atom is 0.342 e. The Kier molecular flexibility index (Phi) is 9.12. The number of benzene rings is 1. The molecule has 4 heteroatoms. The molecule has 0 aliphatic carbocycles. The van der Waals surface area contributed by atoms with Crippen molar-refractivity contribution in [2.45, 2.75) is 51.9 Å². The van der Waals surface area contributed by atoms with E-state index in [-0.39, 0.29) is 17.9 Å². The molecule has 0 fully saturated rings. The molecule has 1 rings (SSSR count). The highest BCUT2D eigenvalue weighted by molar-refractivity contribution is 5.93. The number of ether oxygens (including phenoxy) is 2. The number of unbranched alkanes of at least 4 members (excludes halogenated alkanes) is 5. The number of esters is 1. The van der Waals surface area contributed by atoms with Crippen LogP contribution < -0.4 is 4.74 Å². The SMILES string of the molecule is [CH2]CCOC(=O)c1cccc(OCCCCCCCC)c1O. The van der Waals surface area contributed by atoms with Gasteiger partial charge in [0.25, 0.3) is 0 Å². The Balaban J connectivity index is 2.42. The molecule has 0 amide bonds. The largest absolute Gasteiger partial charge is 0.504 e. The van der Waals surface area contributed by atoms with Gasteiger partial charge in [-0.05, 0) is 31.9 Å². The van der Waals surface area contributed by atoms with Gasteiger partial charge in [-0.1, -0.05) is 45.1 Å². The molecule has 123 valence electrons. The quantitative estimate of drug-likeness (QED) is 0.482. The molecule has 1 radical (unpaired) electrons.